The van der Waals surface area contributed by atoms with E-state index in [4.69, 9.17) is 14.6 Å². The highest BCUT2D eigenvalue weighted by Crippen LogP contribution is 2.17. The number of carbonyl (C=O) groups excluding carboxylic acids is 1. The van der Waals surface area contributed by atoms with Crippen molar-refractivity contribution in [1.82, 2.24) is 5.32 Å². The van der Waals surface area contributed by atoms with Crippen molar-refractivity contribution in [2.24, 2.45) is 0 Å². The Kier molecular flexibility index (Phi) is 7.64. The molecule has 6 heteroatoms. The van der Waals surface area contributed by atoms with Crippen molar-refractivity contribution in [1.29, 1.82) is 0 Å². The van der Waals surface area contributed by atoms with Gasteiger partial charge in [-0.05, 0) is 30.2 Å². The highest BCUT2D eigenvalue weighted by molar-refractivity contribution is 5.76. The lowest BCUT2D eigenvalue weighted by Crippen LogP contribution is -2.27. The van der Waals surface area contributed by atoms with Crippen LogP contribution in [0.25, 0.3) is 0 Å². The fourth-order valence-electron chi connectivity index (χ4n) is 2.32. The van der Waals surface area contributed by atoms with Crippen molar-refractivity contribution in [3.8, 4) is 5.75 Å². The average molecular weight is 357 g/mol. The van der Waals surface area contributed by atoms with Crippen LogP contribution in [0.15, 0.2) is 54.6 Å². The predicted molar refractivity (Wildman–Crippen MR) is 96.8 cm³/mol. The molecule has 0 radical (unpaired) electrons. The second-order valence-electron chi connectivity index (χ2n) is 5.83. The van der Waals surface area contributed by atoms with Gasteiger partial charge >= 0.3 is 5.97 Å². The van der Waals surface area contributed by atoms with Gasteiger partial charge in [0.05, 0.1) is 19.3 Å². The van der Waals surface area contributed by atoms with Crippen molar-refractivity contribution < 1.29 is 24.2 Å². The molecule has 0 spiro atoms. The standard InChI is InChI=1S/C20H23NO5/c1-15(17-7-9-18(10-8-17)26-14-20(23)24)21-19(22)11-12-25-13-16-5-3-2-4-6-16/h2-10,15H,11-14H2,1H3,(H,21,22)(H,23,24). The fraction of sp³-hybridized carbons (Fsp3) is 0.300. The molecule has 0 heterocycles. The van der Waals surface area contributed by atoms with E-state index < -0.39 is 5.97 Å². The number of nitrogens with one attached hydrogen (secondary N) is 1. The molecule has 0 saturated heterocycles. The summed E-state index contributed by atoms with van der Waals surface area (Å²) in [5.41, 5.74) is 1.98. The van der Waals surface area contributed by atoms with Crippen LogP contribution in [0.4, 0.5) is 0 Å². The van der Waals surface area contributed by atoms with Crippen molar-refractivity contribution >= 4 is 11.9 Å². The predicted octanol–water partition coefficient (Wildman–Crippen LogP) is 2.93. The van der Waals surface area contributed by atoms with E-state index in [1.165, 1.54) is 0 Å². The molecule has 2 aromatic carbocycles. The Labute approximate surface area is 152 Å². The van der Waals surface area contributed by atoms with Crippen LogP contribution in [0, 0.1) is 0 Å². The summed E-state index contributed by atoms with van der Waals surface area (Å²) in [6.45, 7) is 2.35. The van der Waals surface area contributed by atoms with Crippen LogP contribution in [0.2, 0.25) is 0 Å². The van der Waals surface area contributed by atoms with E-state index in [-0.39, 0.29) is 25.0 Å². The number of aliphatic carboxylic acids is 1. The number of rotatable bonds is 10. The molecule has 0 fully saturated rings. The Hall–Kier alpha value is -2.86. The van der Waals surface area contributed by atoms with Crippen LogP contribution in [0.1, 0.15) is 30.5 Å². The first-order valence-electron chi connectivity index (χ1n) is 8.40. The minimum Gasteiger partial charge on any atom is -0.482 e. The van der Waals surface area contributed by atoms with E-state index in [1.54, 1.807) is 24.3 Å². The van der Waals surface area contributed by atoms with Gasteiger partial charge in [-0.15, -0.1) is 0 Å². The summed E-state index contributed by atoms with van der Waals surface area (Å²) in [6.07, 6.45) is 0.289. The van der Waals surface area contributed by atoms with E-state index in [9.17, 15) is 9.59 Å². The number of carbonyl (C=O) groups is 2. The maximum Gasteiger partial charge on any atom is 0.341 e. The topological polar surface area (TPSA) is 84.9 Å². The zero-order valence-corrected chi connectivity index (χ0v) is 14.7. The Morgan fingerprint density at radius 3 is 2.42 bits per heavy atom. The van der Waals surface area contributed by atoms with Crippen LogP contribution >= 0.6 is 0 Å². The van der Waals surface area contributed by atoms with Gasteiger partial charge in [0.1, 0.15) is 5.75 Å². The summed E-state index contributed by atoms with van der Waals surface area (Å²) in [6, 6.07) is 16.6. The largest absolute Gasteiger partial charge is 0.482 e. The molecule has 138 valence electrons. The maximum absolute atomic E-state index is 12.0. The number of ether oxygens (including phenoxy) is 2. The normalized spacial score (nSPS) is 11.6. The molecule has 26 heavy (non-hydrogen) atoms. The number of hydrogen-bond donors (Lipinski definition) is 2. The molecule has 2 rings (SSSR count). The van der Waals surface area contributed by atoms with Crippen LogP contribution < -0.4 is 10.1 Å². The van der Waals surface area contributed by atoms with Gasteiger partial charge in [-0.2, -0.15) is 0 Å². The molecule has 0 bridgehead atoms. The van der Waals surface area contributed by atoms with E-state index in [2.05, 4.69) is 5.32 Å². The zero-order valence-electron chi connectivity index (χ0n) is 14.7. The van der Waals surface area contributed by atoms with Gasteiger partial charge < -0.3 is 19.9 Å². The summed E-state index contributed by atoms with van der Waals surface area (Å²) < 4.78 is 10.6. The summed E-state index contributed by atoms with van der Waals surface area (Å²) in [5, 5.41) is 11.5. The second kappa shape index (κ2) is 10.2. The van der Waals surface area contributed by atoms with E-state index >= 15 is 0 Å². The van der Waals surface area contributed by atoms with Crippen molar-refractivity contribution in [3.63, 3.8) is 0 Å². The molecule has 1 amide bonds. The Morgan fingerprint density at radius 1 is 1.08 bits per heavy atom. The summed E-state index contributed by atoms with van der Waals surface area (Å²) in [4.78, 5) is 22.5. The monoisotopic (exact) mass is 357 g/mol. The molecule has 1 atom stereocenters. The van der Waals surface area contributed by atoms with Gasteiger partial charge in [0.2, 0.25) is 5.91 Å². The lowest BCUT2D eigenvalue weighted by Gasteiger charge is -2.15. The van der Waals surface area contributed by atoms with Crippen molar-refractivity contribution in [2.45, 2.75) is 26.0 Å². The van der Waals surface area contributed by atoms with Crippen LogP contribution in [-0.4, -0.2) is 30.2 Å². The molecule has 2 N–H and O–H groups in total. The molecular weight excluding hydrogens is 334 g/mol. The highest BCUT2D eigenvalue weighted by atomic mass is 16.5. The van der Waals surface area contributed by atoms with Crippen LogP contribution in [0.3, 0.4) is 0 Å². The third-order valence-electron chi connectivity index (χ3n) is 3.70. The van der Waals surface area contributed by atoms with E-state index in [0.29, 0.717) is 19.0 Å². The Balaban J connectivity index is 1.70. The van der Waals surface area contributed by atoms with Gasteiger partial charge in [0.25, 0.3) is 0 Å². The second-order valence-corrected chi connectivity index (χ2v) is 5.83. The van der Waals surface area contributed by atoms with E-state index in [1.807, 2.05) is 37.3 Å². The number of carboxylic acid groups (broad SMARTS) is 1. The highest BCUT2D eigenvalue weighted by Gasteiger charge is 2.10. The lowest BCUT2D eigenvalue weighted by molar-refractivity contribution is -0.139. The van der Waals surface area contributed by atoms with Gasteiger partial charge in [-0.3, -0.25) is 4.79 Å². The fourth-order valence-corrected chi connectivity index (χ4v) is 2.32. The van der Waals surface area contributed by atoms with Crippen molar-refractivity contribution in [2.75, 3.05) is 13.2 Å². The molecule has 0 aromatic heterocycles. The number of carboxylic acids is 1. The summed E-state index contributed by atoms with van der Waals surface area (Å²) >= 11 is 0. The third-order valence-corrected chi connectivity index (χ3v) is 3.70. The van der Waals surface area contributed by atoms with Gasteiger partial charge in [0, 0.05) is 6.42 Å². The van der Waals surface area contributed by atoms with Crippen molar-refractivity contribution in [3.05, 3.63) is 65.7 Å². The number of benzene rings is 2. The molecule has 6 nitrogen and oxygen atoms in total. The molecule has 0 aliphatic carbocycles. The summed E-state index contributed by atoms with van der Waals surface area (Å²) in [7, 11) is 0. The first-order valence-corrected chi connectivity index (χ1v) is 8.40. The molecule has 0 saturated carbocycles. The Bertz CT molecular complexity index is 700. The van der Waals surface area contributed by atoms with Gasteiger partial charge in [0.15, 0.2) is 6.61 Å². The lowest BCUT2D eigenvalue weighted by atomic mass is 10.1. The molecule has 2 aromatic rings. The van der Waals surface area contributed by atoms with Gasteiger partial charge in [-0.25, -0.2) is 4.79 Å². The van der Waals surface area contributed by atoms with Crippen LogP contribution in [0.5, 0.6) is 5.75 Å². The average Bonchev–Trinajstić information content (AvgIpc) is 2.65. The Morgan fingerprint density at radius 2 is 1.77 bits per heavy atom. The number of hydrogen-bond acceptors (Lipinski definition) is 4. The zero-order chi connectivity index (χ0) is 18.8. The molecule has 0 aliphatic heterocycles. The van der Waals surface area contributed by atoms with Crippen LogP contribution in [-0.2, 0) is 20.9 Å². The summed E-state index contributed by atoms with van der Waals surface area (Å²) in [5.74, 6) is -0.634. The number of amides is 1. The molecule has 0 aliphatic rings. The SMILES string of the molecule is CC(NC(=O)CCOCc1ccccc1)c1ccc(OCC(=O)O)cc1. The molecule has 1 unspecified atom stereocenters. The van der Waals surface area contributed by atoms with Gasteiger partial charge in [-0.1, -0.05) is 42.5 Å². The quantitative estimate of drug-likeness (QED) is 0.639. The minimum absolute atomic E-state index is 0.0863. The maximum atomic E-state index is 12.0. The smallest absolute Gasteiger partial charge is 0.341 e. The van der Waals surface area contributed by atoms with E-state index in [0.717, 1.165) is 11.1 Å². The molecular formula is C20H23NO5. The minimum atomic E-state index is -1.02. The first-order chi connectivity index (χ1) is 12.5. The third kappa shape index (κ3) is 6.94. The first kappa shape index (κ1) is 19.5.